The summed E-state index contributed by atoms with van der Waals surface area (Å²) in [4.78, 5) is 0. The lowest BCUT2D eigenvalue weighted by Gasteiger charge is -2.19. The normalized spacial score (nSPS) is 12.2. The molecule has 20 heavy (non-hydrogen) atoms. The minimum Gasteiger partial charge on any atom is -0.380 e. The van der Waals surface area contributed by atoms with E-state index >= 15 is 0 Å². The number of benzene rings is 2. The molecule has 2 aromatic rings. The Labute approximate surface area is 133 Å². The van der Waals surface area contributed by atoms with Crippen LogP contribution in [-0.4, -0.2) is 7.11 Å². The van der Waals surface area contributed by atoms with Crippen molar-refractivity contribution < 1.29 is 4.74 Å². The Balaban J connectivity index is 2.21. The van der Waals surface area contributed by atoms with E-state index in [-0.39, 0.29) is 6.04 Å². The largest absolute Gasteiger partial charge is 0.380 e. The molecule has 0 radical (unpaired) electrons. The van der Waals surface area contributed by atoms with Crippen LogP contribution in [0.4, 0.5) is 5.69 Å². The van der Waals surface area contributed by atoms with Gasteiger partial charge in [0.2, 0.25) is 0 Å². The Kier molecular flexibility index (Phi) is 5.46. The average Bonchev–Trinajstić information content (AvgIpc) is 2.41. The maximum atomic E-state index is 6.30. The maximum absolute atomic E-state index is 6.30. The molecule has 0 spiro atoms. The van der Waals surface area contributed by atoms with Crippen molar-refractivity contribution in [3.63, 3.8) is 0 Å². The molecule has 0 heterocycles. The highest BCUT2D eigenvalue weighted by atomic mass is 79.9. The summed E-state index contributed by atoms with van der Waals surface area (Å²) in [5.41, 5.74) is 3.28. The third kappa shape index (κ3) is 3.75. The zero-order chi connectivity index (χ0) is 14.5. The van der Waals surface area contributed by atoms with Crippen LogP contribution in [-0.2, 0) is 11.3 Å². The van der Waals surface area contributed by atoms with Gasteiger partial charge in [0.25, 0.3) is 0 Å². The summed E-state index contributed by atoms with van der Waals surface area (Å²) in [6.45, 7) is 2.68. The van der Waals surface area contributed by atoms with Gasteiger partial charge in [0.05, 0.1) is 12.6 Å². The van der Waals surface area contributed by atoms with Gasteiger partial charge in [0.1, 0.15) is 0 Å². The van der Waals surface area contributed by atoms with E-state index in [0.717, 1.165) is 26.3 Å². The van der Waals surface area contributed by atoms with Crippen molar-refractivity contribution in [2.24, 2.45) is 0 Å². The summed E-state index contributed by atoms with van der Waals surface area (Å²) in [6, 6.07) is 14.2. The lowest BCUT2D eigenvalue weighted by atomic mass is 10.1. The number of halogens is 2. The quantitative estimate of drug-likeness (QED) is 0.774. The minimum absolute atomic E-state index is 0.119. The Morgan fingerprint density at radius 2 is 2.00 bits per heavy atom. The first kappa shape index (κ1) is 15.4. The predicted molar refractivity (Wildman–Crippen MR) is 88.3 cm³/mol. The van der Waals surface area contributed by atoms with Crippen molar-refractivity contribution in [3.05, 3.63) is 63.1 Å². The molecule has 1 N–H and O–H groups in total. The molecule has 0 aliphatic carbocycles. The molecule has 0 aromatic heterocycles. The van der Waals surface area contributed by atoms with Crippen molar-refractivity contribution >= 4 is 33.2 Å². The van der Waals surface area contributed by atoms with Crippen molar-refractivity contribution in [3.8, 4) is 0 Å². The standard InChI is InChI=1S/C16H17BrClNO/c1-11(14-8-7-13(17)9-15(14)18)19-16-6-4-3-5-12(16)10-20-2/h3-9,11,19H,10H2,1-2H3. The number of anilines is 1. The van der Waals surface area contributed by atoms with Gasteiger partial charge in [0, 0.05) is 27.9 Å². The number of para-hydroxylation sites is 1. The smallest absolute Gasteiger partial charge is 0.0733 e. The molecule has 0 fully saturated rings. The van der Waals surface area contributed by atoms with Gasteiger partial charge in [-0.15, -0.1) is 0 Å². The van der Waals surface area contributed by atoms with Gasteiger partial charge in [-0.2, -0.15) is 0 Å². The molecule has 2 rings (SSSR count). The summed E-state index contributed by atoms with van der Waals surface area (Å²) in [5.74, 6) is 0. The topological polar surface area (TPSA) is 21.3 Å². The minimum atomic E-state index is 0.119. The first-order valence-corrected chi connectivity index (χ1v) is 7.57. The van der Waals surface area contributed by atoms with Gasteiger partial charge in [-0.05, 0) is 30.7 Å². The lowest BCUT2D eigenvalue weighted by Crippen LogP contribution is -2.09. The van der Waals surface area contributed by atoms with E-state index in [1.54, 1.807) is 7.11 Å². The molecule has 0 saturated carbocycles. The highest BCUT2D eigenvalue weighted by molar-refractivity contribution is 9.10. The molecule has 106 valence electrons. The Hall–Kier alpha value is -1.03. The van der Waals surface area contributed by atoms with Gasteiger partial charge in [0.15, 0.2) is 0 Å². The summed E-state index contributed by atoms with van der Waals surface area (Å²) >= 11 is 9.72. The summed E-state index contributed by atoms with van der Waals surface area (Å²) in [7, 11) is 1.70. The fourth-order valence-electron chi connectivity index (χ4n) is 2.11. The Bertz CT molecular complexity index is 588. The van der Waals surface area contributed by atoms with E-state index in [2.05, 4.69) is 40.3 Å². The van der Waals surface area contributed by atoms with Gasteiger partial charge < -0.3 is 10.1 Å². The van der Waals surface area contributed by atoms with Crippen LogP contribution in [0.25, 0.3) is 0 Å². The van der Waals surface area contributed by atoms with E-state index < -0.39 is 0 Å². The predicted octanol–water partition coefficient (Wildman–Crippen LogP) is 5.42. The SMILES string of the molecule is COCc1ccccc1NC(C)c1ccc(Br)cc1Cl. The first-order valence-electron chi connectivity index (χ1n) is 6.40. The van der Waals surface area contributed by atoms with Crippen LogP contribution in [0.1, 0.15) is 24.1 Å². The number of methoxy groups -OCH3 is 1. The molecular weight excluding hydrogens is 338 g/mol. The fourth-order valence-corrected chi connectivity index (χ4v) is 2.94. The molecule has 2 aromatic carbocycles. The second-order valence-corrected chi connectivity index (χ2v) is 5.94. The van der Waals surface area contributed by atoms with Crippen molar-refractivity contribution in [2.45, 2.75) is 19.6 Å². The number of hydrogen-bond donors (Lipinski definition) is 1. The van der Waals surface area contributed by atoms with E-state index in [4.69, 9.17) is 16.3 Å². The zero-order valence-corrected chi connectivity index (χ0v) is 13.8. The fraction of sp³-hybridized carbons (Fsp3) is 0.250. The maximum Gasteiger partial charge on any atom is 0.0733 e. The first-order chi connectivity index (χ1) is 9.61. The lowest BCUT2D eigenvalue weighted by molar-refractivity contribution is 0.185. The van der Waals surface area contributed by atoms with Gasteiger partial charge in [-0.3, -0.25) is 0 Å². The number of rotatable bonds is 5. The van der Waals surface area contributed by atoms with Crippen LogP contribution in [0, 0.1) is 0 Å². The molecule has 0 aliphatic heterocycles. The highest BCUT2D eigenvalue weighted by Gasteiger charge is 2.11. The second-order valence-electron chi connectivity index (χ2n) is 4.62. The van der Waals surface area contributed by atoms with Gasteiger partial charge in [-0.25, -0.2) is 0 Å². The van der Waals surface area contributed by atoms with Crippen LogP contribution in [0.5, 0.6) is 0 Å². The van der Waals surface area contributed by atoms with E-state index in [0.29, 0.717) is 6.61 Å². The van der Waals surface area contributed by atoms with Crippen LogP contribution >= 0.6 is 27.5 Å². The number of hydrogen-bond acceptors (Lipinski definition) is 2. The van der Waals surface area contributed by atoms with Gasteiger partial charge in [-0.1, -0.05) is 51.8 Å². The molecule has 2 nitrogen and oxygen atoms in total. The monoisotopic (exact) mass is 353 g/mol. The number of nitrogens with one attached hydrogen (secondary N) is 1. The average molecular weight is 355 g/mol. The zero-order valence-electron chi connectivity index (χ0n) is 11.5. The van der Waals surface area contributed by atoms with Gasteiger partial charge >= 0.3 is 0 Å². The third-order valence-corrected chi connectivity index (χ3v) is 3.94. The second kappa shape index (κ2) is 7.11. The van der Waals surface area contributed by atoms with E-state index in [1.165, 1.54) is 0 Å². The third-order valence-electron chi connectivity index (χ3n) is 3.12. The van der Waals surface area contributed by atoms with Crippen LogP contribution in [0.2, 0.25) is 5.02 Å². The Morgan fingerprint density at radius 3 is 2.70 bits per heavy atom. The molecule has 1 atom stereocenters. The molecule has 4 heteroatoms. The molecule has 0 amide bonds. The molecule has 0 bridgehead atoms. The van der Waals surface area contributed by atoms with Crippen molar-refractivity contribution in [1.82, 2.24) is 0 Å². The van der Waals surface area contributed by atoms with Crippen LogP contribution in [0.3, 0.4) is 0 Å². The molecule has 1 unspecified atom stereocenters. The van der Waals surface area contributed by atoms with E-state index in [1.807, 2.05) is 30.3 Å². The number of ether oxygens (including phenoxy) is 1. The molecule has 0 aliphatic rings. The van der Waals surface area contributed by atoms with Crippen LogP contribution < -0.4 is 5.32 Å². The molecule has 0 saturated heterocycles. The van der Waals surface area contributed by atoms with E-state index in [9.17, 15) is 0 Å². The van der Waals surface area contributed by atoms with Crippen LogP contribution in [0.15, 0.2) is 46.9 Å². The Morgan fingerprint density at radius 1 is 1.25 bits per heavy atom. The molecular formula is C16H17BrClNO. The summed E-state index contributed by atoms with van der Waals surface area (Å²) < 4.78 is 6.21. The highest BCUT2D eigenvalue weighted by Crippen LogP contribution is 2.29. The van der Waals surface area contributed by atoms with Crippen molar-refractivity contribution in [1.29, 1.82) is 0 Å². The summed E-state index contributed by atoms with van der Waals surface area (Å²) in [6.07, 6.45) is 0. The summed E-state index contributed by atoms with van der Waals surface area (Å²) in [5, 5.41) is 4.25. The van der Waals surface area contributed by atoms with Crippen molar-refractivity contribution in [2.75, 3.05) is 12.4 Å².